The smallest absolute Gasteiger partial charge is 0.0322 e. The molecule has 0 saturated carbocycles. The van der Waals surface area contributed by atoms with Gasteiger partial charge in [0.15, 0.2) is 0 Å². The van der Waals surface area contributed by atoms with E-state index in [4.69, 9.17) is 0 Å². The zero-order chi connectivity index (χ0) is 13.1. The summed E-state index contributed by atoms with van der Waals surface area (Å²) in [6.07, 6.45) is 13.3. The van der Waals surface area contributed by atoms with Crippen LogP contribution >= 0.6 is 0 Å². The second-order valence-corrected chi connectivity index (χ2v) is 5.94. The lowest BCUT2D eigenvalue weighted by Crippen LogP contribution is -1.97. The average molecular weight is 238 g/mol. The van der Waals surface area contributed by atoms with Gasteiger partial charge >= 0.3 is 0 Å². The lowest BCUT2D eigenvalue weighted by molar-refractivity contribution is 0.435. The Bertz CT molecular complexity index is 190. The summed E-state index contributed by atoms with van der Waals surface area (Å²) in [6, 6.07) is 0. The van der Waals surface area contributed by atoms with Crippen molar-refractivity contribution < 1.29 is 0 Å². The Morgan fingerprint density at radius 2 is 1.65 bits per heavy atom. The van der Waals surface area contributed by atoms with Crippen LogP contribution in [0.25, 0.3) is 0 Å². The van der Waals surface area contributed by atoms with E-state index in [1.165, 1.54) is 51.4 Å². The van der Waals surface area contributed by atoms with Crippen molar-refractivity contribution in [3.63, 3.8) is 0 Å². The third-order valence-corrected chi connectivity index (χ3v) is 3.88. The van der Waals surface area contributed by atoms with Crippen molar-refractivity contribution in [2.24, 2.45) is 11.8 Å². The van der Waals surface area contributed by atoms with Crippen molar-refractivity contribution in [1.82, 2.24) is 0 Å². The van der Waals surface area contributed by atoms with Gasteiger partial charge in [-0.25, -0.2) is 0 Å². The van der Waals surface area contributed by atoms with Crippen LogP contribution in [-0.2, 0) is 0 Å². The molecule has 0 spiro atoms. The molecule has 0 saturated heterocycles. The Balaban J connectivity index is 3.60. The van der Waals surface area contributed by atoms with Crippen molar-refractivity contribution in [3.05, 3.63) is 11.6 Å². The van der Waals surface area contributed by atoms with Gasteiger partial charge in [-0.15, -0.1) is 0 Å². The van der Waals surface area contributed by atoms with Crippen LogP contribution in [0.2, 0.25) is 0 Å². The number of rotatable bonds is 10. The number of hydrogen-bond acceptors (Lipinski definition) is 0. The highest BCUT2D eigenvalue weighted by atomic mass is 14.1. The van der Waals surface area contributed by atoms with Crippen molar-refractivity contribution in [2.45, 2.75) is 86.0 Å². The Morgan fingerprint density at radius 3 is 2.24 bits per heavy atom. The zero-order valence-corrected chi connectivity index (χ0v) is 12.9. The monoisotopic (exact) mass is 238 g/mol. The molecular weight excluding hydrogens is 204 g/mol. The Hall–Kier alpha value is -0.260. The van der Waals surface area contributed by atoms with E-state index >= 15 is 0 Å². The minimum atomic E-state index is 0.871. The molecule has 0 aliphatic carbocycles. The maximum atomic E-state index is 2.48. The predicted molar refractivity (Wildman–Crippen MR) is 80.4 cm³/mol. The number of hydrogen-bond donors (Lipinski definition) is 0. The fraction of sp³-hybridized carbons (Fsp3) is 0.882. The summed E-state index contributed by atoms with van der Waals surface area (Å²) in [5.74, 6) is 1.79. The first kappa shape index (κ1) is 16.7. The molecule has 2 unspecified atom stereocenters. The Kier molecular flexibility index (Phi) is 10.7. The lowest BCUT2D eigenvalue weighted by Gasteiger charge is -2.12. The van der Waals surface area contributed by atoms with E-state index in [9.17, 15) is 0 Å². The molecule has 0 fully saturated rings. The van der Waals surface area contributed by atoms with Gasteiger partial charge in [0.05, 0.1) is 0 Å². The van der Waals surface area contributed by atoms with Gasteiger partial charge < -0.3 is 0 Å². The first-order valence-corrected chi connectivity index (χ1v) is 7.75. The molecule has 0 radical (unpaired) electrons. The highest BCUT2D eigenvalue weighted by Crippen LogP contribution is 2.18. The Labute approximate surface area is 110 Å². The molecule has 0 aliphatic heterocycles. The van der Waals surface area contributed by atoms with E-state index in [0.717, 1.165) is 11.8 Å². The van der Waals surface area contributed by atoms with Gasteiger partial charge in [-0.1, -0.05) is 71.4 Å². The topological polar surface area (TPSA) is 0 Å². The van der Waals surface area contributed by atoms with Crippen LogP contribution in [0.3, 0.4) is 0 Å². The molecule has 0 aromatic heterocycles. The molecule has 0 N–H and O–H groups in total. The molecule has 0 rings (SSSR count). The van der Waals surface area contributed by atoms with E-state index in [1.807, 2.05) is 0 Å². The summed E-state index contributed by atoms with van der Waals surface area (Å²) in [5, 5.41) is 0. The van der Waals surface area contributed by atoms with Gasteiger partial charge in [0.25, 0.3) is 0 Å². The fourth-order valence-electron chi connectivity index (χ4n) is 2.10. The summed E-state index contributed by atoms with van der Waals surface area (Å²) in [7, 11) is 0. The van der Waals surface area contributed by atoms with Crippen LogP contribution < -0.4 is 0 Å². The summed E-state index contributed by atoms with van der Waals surface area (Å²) in [5.41, 5.74) is 1.60. The van der Waals surface area contributed by atoms with E-state index in [2.05, 4.69) is 40.7 Å². The van der Waals surface area contributed by atoms with Gasteiger partial charge in [-0.2, -0.15) is 0 Å². The van der Waals surface area contributed by atoms with E-state index in [0.29, 0.717) is 0 Å². The van der Waals surface area contributed by atoms with E-state index in [-0.39, 0.29) is 0 Å². The standard InChI is InChI=1S/C17H34/c1-6-8-10-16(4)13-14-17(5)12-9-11-15(3)7-2/h13,15,17H,6-12,14H2,1-5H3. The molecule has 0 amide bonds. The summed E-state index contributed by atoms with van der Waals surface area (Å²) < 4.78 is 0. The molecular formula is C17H34. The number of unbranched alkanes of at least 4 members (excludes halogenated alkanes) is 1. The third kappa shape index (κ3) is 10.6. The van der Waals surface area contributed by atoms with Gasteiger partial charge in [0, 0.05) is 0 Å². The average Bonchev–Trinajstić information content (AvgIpc) is 2.33. The summed E-state index contributed by atoms with van der Waals surface area (Å²) in [4.78, 5) is 0. The highest BCUT2D eigenvalue weighted by molar-refractivity contribution is 4.98. The maximum Gasteiger partial charge on any atom is -0.0322 e. The van der Waals surface area contributed by atoms with Crippen molar-refractivity contribution in [2.75, 3.05) is 0 Å². The van der Waals surface area contributed by atoms with Crippen LogP contribution in [0.1, 0.15) is 86.0 Å². The molecule has 17 heavy (non-hydrogen) atoms. The van der Waals surface area contributed by atoms with Crippen molar-refractivity contribution >= 4 is 0 Å². The molecule has 0 aromatic rings. The second-order valence-electron chi connectivity index (χ2n) is 5.94. The maximum absolute atomic E-state index is 2.48. The van der Waals surface area contributed by atoms with Crippen molar-refractivity contribution in [1.29, 1.82) is 0 Å². The first-order valence-electron chi connectivity index (χ1n) is 7.75. The summed E-state index contributed by atoms with van der Waals surface area (Å²) >= 11 is 0. The van der Waals surface area contributed by atoms with Crippen LogP contribution in [-0.4, -0.2) is 0 Å². The number of allylic oxidation sites excluding steroid dienone is 2. The molecule has 0 heteroatoms. The molecule has 0 aromatic carbocycles. The van der Waals surface area contributed by atoms with Crippen molar-refractivity contribution in [3.8, 4) is 0 Å². The molecule has 0 bridgehead atoms. The minimum Gasteiger partial charge on any atom is -0.0853 e. The molecule has 0 heterocycles. The molecule has 2 atom stereocenters. The van der Waals surface area contributed by atoms with Gasteiger partial charge in [-0.05, 0) is 38.0 Å². The minimum absolute atomic E-state index is 0.871. The largest absolute Gasteiger partial charge is 0.0853 e. The second kappa shape index (κ2) is 10.9. The molecule has 0 nitrogen and oxygen atoms in total. The lowest BCUT2D eigenvalue weighted by atomic mass is 9.94. The normalized spacial score (nSPS) is 15.9. The molecule has 102 valence electrons. The zero-order valence-electron chi connectivity index (χ0n) is 12.9. The fourth-order valence-corrected chi connectivity index (χ4v) is 2.10. The van der Waals surface area contributed by atoms with Crippen LogP contribution in [0, 0.1) is 11.8 Å². The quantitative estimate of drug-likeness (QED) is 0.388. The first-order chi connectivity index (χ1) is 8.10. The SMILES string of the molecule is CCCCC(C)=CCC(C)CCCC(C)CC. The van der Waals surface area contributed by atoms with Crippen LogP contribution in [0.4, 0.5) is 0 Å². The molecule has 0 aliphatic rings. The Morgan fingerprint density at radius 1 is 1.00 bits per heavy atom. The van der Waals surface area contributed by atoms with E-state index in [1.54, 1.807) is 5.57 Å². The predicted octanol–water partition coefficient (Wildman–Crippen LogP) is 6.37. The van der Waals surface area contributed by atoms with Crippen LogP contribution in [0.5, 0.6) is 0 Å². The van der Waals surface area contributed by atoms with Gasteiger partial charge in [-0.3, -0.25) is 0 Å². The van der Waals surface area contributed by atoms with E-state index < -0.39 is 0 Å². The summed E-state index contributed by atoms with van der Waals surface area (Å²) in [6.45, 7) is 11.6. The van der Waals surface area contributed by atoms with Crippen LogP contribution in [0.15, 0.2) is 11.6 Å². The highest BCUT2D eigenvalue weighted by Gasteiger charge is 2.03. The third-order valence-electron chi connectivity index (χ3n) is 3.88. The van der Waals surface area contributed by atoms with Gasteiger partial charge in [0.1, 0.15) is 0 Å². The van der Waals surface area contributed by atoms with Gasteiger partial charge in [0.2, 0.25) is 0 Å².